The molecule has 0 bridgehead atoms. The Labute approximate surface area is 140 Å². The third-order valence-electron chi connectivity index (χ3n) is 3.24. The van der Waals surface area contributed by atoms with Crippen LogP contribution < -0.4 is 16.0 Å². The minimum Gasteiger partial charge on any atom is -0.374 e. The van der Waals surface area contributed by atoms with Gasteiger partial charge in [-0.3, -0.25) is 9.59 Å². The number of nitriles is 1. The topological polar surface area (TPSA) is 94.0 Å². The number of anilines is 3. The Morgan fingerprint density at radius 3 is 2.29 bits per heavy atom. The highest BCUT2D eigenvalue weighted by molar-refractivity contribution is 5.96. The number of benzene rings is 2. The van der Waals surface area contributed by atoms with Crippen LogP contribution in [0.2, 0.25) is 0 Å². The van der Waals surface area contributed by atoms with E-state index in [-0.39, 0.29) is 11.8 Å². The lowest BCUT2D eigenvalue weighted by molar-refractivity contribution is -0.116. The molecule has 1 atom stereocenters. The summed E-state index contributed by atoms with van der Waals surface area (Å²) in [5, 5.41) is 17.3. The summed E-state index contributed by atoms with van der Waals surface area (Å²) < 4.78 is 0. The van der Waals surface area contributed by atoms with Crippen molar-refractivity contribution in [2.75, 3.05) is 16.0 Å². The van der Waals surface area contributed by atoms with Crippen LogP contribution in [0.4, 0.5) is 17.1 Å². The summed E-state index contributed by atoms with van der Waals surface area (Å²) in [5.74, 6) is -0.358. The molecule has 0 aliphatic rings. The Hall–Kier alpha value is -3.33. The third kappa shape index (κ3) is 4.85. The Morgan fingerprint density at radius 2 is 1.67 bits per heavy atom. The summed E-state index contributed by atoms with van der Waals surface area (Å²) in [6, 6.07) is 15.3. The van der Waals surface area contributed by atoms with E-state index in [0.717, 1.165) is 5.69 Å². The van der Waals surface area contributed by atoms with Crippen LogP contribution in [0.5, 0.6) is 0 Å². The molecule has 0 aliphatic heterocycles. The van der Waals surface area contributed by atoms with Crippen molar-refractivity contribution in [2.24, 2.45) is 0 Å². The van der Waals surface area contributed by atoms with E-state index in [9.17, 15) is 9.59 Å². The molecule has 2 aromatic rings. The predicted octanol–water partition coefficient (Wildman–Crippen LogP) is 2.96. The predicted molar refractivity (Wildman–Crippen MR) is 93.6 cm³/mol. The average molecular weight is 322 g/mol. The van der Waals surface area contributed by atoms with Crippen molar-refractivity contribution < 1.29 is 9.59 Å². The molecular formula is C18H18N4O2. The molecule has 0 heterocycles. The maximum Gasteiger partial charge on any atom is 0.246 e. The molecule has 122 valence electrons. The molecule has 2 rings (SSSR count). The fraction of sp³-hybridized carbons (Fsp3) is 0.167. The zero-order valence-electron chi connectivity index (χ0n) is 13.5. The second kappa shape index (κ2) is 7.79. The summed E-state index contributed by atoms with van der Waals surface area (Å²) in [6.07, 6.45) is 0. The lowest BCUT2D eigenvalue weighted by atomic mass is 10.2. The van der Waals surface area contributed by atoms with Gasteiger partial charge in [0.1, 0.15) is 6.04 Å². The quantitative estimate of drug-likeness (QED) is 0.789. The number of nitrogens with zero attached hydrogens (tertiary/aromatic N) is 1. The van der Waals surface area contributed by atoms with Gasteiger partial charge >= 0.3 is 0 Å². The second-order valence-electron chi connectivity index (χ2n) is 5.31. The average Bonchev–Trinajstić information content (AvgIpc) is 2.55. The van der Waals surface area contributed by atoms with Gasteiger partial charge in [-0.15, -0.1) is 0 Å². The summed E-state index contributed by atoms with van der Waals surface area (Å²) in [4.78, 5) is 23.3. The Kier molecular flexibility index (Phi) is 5.53. The van der Waals surface area contributed by atoms with Gasteiger partial charge in [0.05, 0.1) is 11.6 Å². The normalized spacial score (nSPS) is 11.0. The van der Waals surface area contributed by atoms with E-state index in [0.29, 0.717) is 16.9 Å². The van der Waals surface area contributed by atoms with Gasteiger partial charge in [0, 0.05) is 24.0 Å². The monoisotopic (exact) mass is 322 g/mol. The van der Waals surface area contributed by atoms with Crippen molar-refractivity contribution in [2.45, 2.75) is 19.9 Å². The summed E-state index contributed by atoms with van der Waals surface area (Å²) in [6.45, 7) is 3.18. The molecule has 2 amide bonds. The van der Waals surface area contributed by atoms with E-state index < -0.39 is 6.04 Å². The molecule has 2 aromatic carbocycles. The number of carbonyl (C=O) groups excluding carboxylic acids is 2. The van der Waals surface area contributed by atoms with Gasteiger partial charge in [0.2, 0.25) is 11.8 Å². The first-order valence-corrected chi connectivity index (χ1v) is 7.43. The zero-order chi connectivity index (χ0) is 17.5. The highest BCUT2D eigenvalue weighted by atomic mass is 16.2. The van der Waals surface area contributed by atoms with E-state index >= 15 is 0 Å². The van der Waals surface area contributed by atoms with Crippen molar-refractivity contribution in [3.8, 4) is 6.07 Å². The summed E-state index contributed by atoms with van der Waals surface area (Å²) in [5.41, 5.74) is 2.55. The number of hydrogen-bond acceptors (Lipinski definition) is 4. The van der Waals surface area contributed by atoms with Gasteiger partial charge in [-0.25, -0.2) is 0 Å². The van der Waals surface area contributed by atoms with Crippen molar-refractivity contribution in [1.29, 1.82) is 5.26 Å². The molecule has 0 aliphatic carbocycles. The first-order chi connectivity index (χ1) is 11.5. The van der Waals surface area contributed by atoms with Gasteiger partial charge in [-0.05, 0) is 49.4 Å². The molecular weight excluding hydrogens is 304 g/mol. The van der Waals surface area contributed by atoms with Crippen LogP contribution in [0.15, 0.2) is 48.5 Å². The SMILES string of the molecule is CC(=O)Nc1cccc(N[C@H](C)C(=O)Nc2ccc(C#N)cc2)c1. The number of carbonyl (C=O) groups is 2. The number of amides is 2. The van der Waals surface area contributed by atoms with E-state index in [1.165, 1.54) is 6.92 Å². The minimum atomic E-state index is -0.478. The van der Waals surface area contributed by atoms with E-state index in [2.05, 4.69) is 16.0 Å². The van der Waals surface area contributed by atoms with Crippen LogP contribution in [0.3, 0.4) is 0 Å². The molecule has 0 aromatic heterocycles. The maximum atomic E-state index is 12.2. The van der Waals surface area contributed by atoms with Crippen molar-refractivity contribution in [3.05, 3.63) is 54.1 Å². The lowest BCUT2D eigenvalue weighted by Crippen LogP contribution is -2.31. The van der Waals surface area contributed by atoms with Crippen LogP contribution in [0, 0.1) is 11.3 Å². The molecule has 0 saturated carbocycles. The first-order valence-electron chi connectivity index (χ1n) is 7.43. The third-order valence-corrected chi connectivity index (χ3v) is 3.24. The molecule has 6 heteroatoms. The molecule has 0 spiro atoms. The van der Waals surface area contributed by atoms with Crippen molar-refractivity contribution >= 4 is 28.9 Å². The van der Waals surface area contributed by atoms with Crippen molar-refractivity contribution in [1.82, 2.24) is 0 Å². The largest absolute Gasteiger partial charge is 0.374 e. The molecule has 0 radical (unpaired) electrons. The van der Waals surface area contributed by atoms with E-state index in [4.69, 9.17) is 5.26 Å². The number of hydrogen-bond donors (Lipinski definition) is 3. The number of nitrogens with one attached hydrogen (secondary N) is 3. The summed E-state index contributed by atoms with van der Waals surface area (Å²) in [7, 11) is 0. The van der Waals surface area contributed by atoms with Gasteiger partial charge in [-0.2, -0.15) is 5.26 Å². The molecule has 0 saturated heterocycles. The first kappa shape index (κ1) is 17.0. The maximum absolute atomic E-state index is 12.2. The fourth-order valence-corrected chi connectivity index (χ4v) is 2.08. The fourth-order valence-electron chi connectivity index (χ4n) is 2.08. The molecule has 0 fully saturated rings. The van der Waals surface area contributed by atoms with Gasteiger partial charge in [0.25, 0.3) is 0 Å². The summed E-state index contributed by atoms with van der Waals surface area (Å²) >= 11 is 0. The zero-order valence-corrected chi connectivity index (χ0v) is 13.5. The Balaban J connectivity index is 1.98. The van der Waals surface area contributed by atoms with E-state index in [1.54, 1.807) is 49.4 Å². The Bertz CT molecular complexity index is 778. The van der Waals surface area contributed by atoms with Crippen LogP contribution >= 0.6 is 0 Å². The molecule has 0 unspecified atom stereocenters. The highest BCUT2D eigenvalue weighted by Gasteiger charge is 2.13. The molecule has 24 heavy (non-hydrogen) atoms. The molecule has 6 nitrogen and oxygen atoms in total. The molecule has 3 N–H and O–H groups in total. The lowest BCUT2D eigenvalue weighted by Gasteiger charge is -2.16. The second-order valence-corrected chi connectivity index (χ2v) is 5.31. The van der Waals surface area contributed by atoms with Crippen molar-refractivity contribution in [3.63, 3.8) is 0 Å². The van der Waals surface area contributed by atoms with Gasteiger partial charge in [-0.1, -0.05) is 6.07 Å². The number of rotatable bonds is 5. The Morgan fingerprint density at radius 1 is 1.00 bits per heavy atom. The highest BCUT2D eigenvalue weighted by Crippen LogP contribution is 2.16. The van der Waals surface area contributed by atoms with Gasteiger partial charge in [0.15, 0.2) is 0 Å². The van der Waals surface area contributed by atoms with Crippen LogP contribution in [0.1, 0.15) is 19.4 Å². The minimum absolute atomic E-state index is 0.154. The van der Waals surface area contributed by atoms with Crippen LogP contribution in [-0.2, 0) is 9.59 Å². The van der Waals surface area contributed by atoms with Crippen LogP contribution in [-0.4, -0.2) is 17.9 Å². The van der Waals surface area contributed by atoms with E-state index in [1.807, 2.05) is 12.1 Å². The van der Waals surface area contributed by atoms with Gasteiger partial charge < -0.3 is 16.0 Å². The smallest absolute Gasteiger partial charge is 0.246 e. The van der Waals surface area contributed by atoms with Crippen LogP contribution in [0.25, 0.3) is 0 Å². The standard InChI is InChI=1S/C18H18N4O2/c1-12(18(24)22-15-8-6-14(11-19)7-9-15)20-16-4-3-5-17(10-16)21-13(2)23/h3-10,12,20H,1-2H3,(H,21,23)(H,22,24)/t12-/m1/s1.